The molecule has 0 unspecified atom stereocenters. The smallest absolute Gasteiger partial charge is 0.200 e. The topological polar surface area (TPSA) is 52.0 Å². The van der Waals surface area contributed by atoms with E-state index in [1.54, 1.807) is 24.3 Å². The van der Waals surface area contributed by atoms with Crippen molar-refractivity contribution in [3.8, 4) is 0 Å². The third-order valence-corrected chi connectivity index (χ3v) is 3.29. The molecule has 3 rings (SSSR count). The maximum atomic E-state index is 13.6. The number of halogens is 2. The average molecular weight is 321 g/mol. The van der Waals surface area contributed by atoms with E-state index in [1.807, 2.05) is 6.07 Å². The zero-order valence-corrected chi connectivity index (χ0v) is 11.4. The van der Waals surface area contributed by atoms with Gasteiger partial charge >= 0.3 is 0 Å². The van der Waals surface area contributed by atoms with Crippen molar-refractivity contribution in [3.05, 3.63) is 58.1 Å². The van der Waals surface area contributed by atoms with Crippen LogP contribution in [0.3, 0.4) is 0 Å². The Morgan fingerprint density at radius 2 is 2.05 bits per heavy atom. The first kappa shape index (κ1) is 12.2. The van der Waals surface area contributed by atoms with Gasteiger partial charge in [0, 0.05) is 4.47 Å². The highest BCUT2D eigenvalue weighted by molar-refractivity contribution is 9.10. The Morgan fingerprint density at radius 1 is 1.26 bits per heavy atom. The Hall–Kier alpha value is -1.88. The number of anilines is 1. The average Bonchev–Trinajstić information content (AvgIpc) is 2.75. The van der Waals surface area contributed by atoms with Gasteiger partial charge in [0.15, 0.2) is 11.5 Å². The van der Waals surface area contributed by atoms with Crippen LogP contribution in [0.5, 0.6) is 0 Å². The molecule has 1 aromatic heterocycles. The van der Waals surface area contributed by atoms with Gasteiger partial charge in [-0.15, -0.1) is 0 Å². The molecule has 0 aliphatic heterocycles. The lowest BCUT2D eigenvalue weighted by atomic mass is 10.1. The monoisotopic (exact) mass is 320 g/mol. The molecule has 0 amide bonds. The summed E-state index contributed by atoms with van der Waals surface area (Å²) >= 11 is 3.35. The van der Waals surface area contributed by atoms with Crippen LogP contribution in [0.1, 0.15) is 11.5 Å². The Labute approximate surface area is 117 Å². The SMILES string of the molecule is Nc1cc(Br)cc2nc(Cc3ccccc3F)oc12. The van der Waals surface area contributed by atoms with E-state index in [0.717, 1.165) is 4.47 Å². The van der Waals surface area contributed by atoms with Crippen LogP contribution in [0.4, 0.5) is 10.1 Å². The molecule has 2 N–H and O–H groups in total. The third-order valence-electron chi connectivity index (χ3n) is 2.83. The maximum absolute atomic E-state index is 13.6. The molecule has 96 valence electrons. The van der Waals surface area contributed by atoms with E-state index in [-0.39, 0.29) is 5.82 Å². The van der Waals surface area contributed by atoms with Crippen molar-refractivity contribution in [3.63, 3.8) is 0 Å². The van der Waals surface area contributed by atoms with Gasteiger partial charge in [-0.25, -0.2) is 9.37 Å². The Kier molecular flexibility index (Phi) is 2.98. The second-order valence-electron chi connectivity index (χ2n) is 4.22. The Balaban J connectivity index is 2.03. The van der Waals surface area contributed by atoms with Crippen molar-refractivity contribution < 1.29 is 8.81 Å². The lowest BCUT2D eigenvalue weighted by Crippen LogP contribution is -1.91. The molecule has 0 saturated carbocycles. The zero-order valence-electron chi connectivity index (χ0n) is 9.86. The van der Waals surface area contributed by atoms with Crippen LogP contribution in [0.2, 0.25) is 0 Å². The molecular formula is C14H10BrFN2O. The number of fused-ring (bicyclic) bond motifs is 1. The summed E-state index contributed by atoms with van der Waals surface area (Å²) in [6.07, 6.45) is 0.304. The van der Waals surface area contributed by atoms with Crippen molar-refractivity contribution in [1.29, 1.82) is 0 Å². The fraction of sp³-hybridized carbons (Fsp3) is 0.0714. The molecule has 2 aromatic carbocycles. The van der Waals surface area contributed by atoms with Crippen molar-refractivity contribution in [1.82, 2.24) is 4.98 Å². The van der Waals surface area contributed by atoms with Crippen LogP contribution in [0, 0.1) is 5.82 Å². The van der Waals surface area contributed by atoms with Gasteiger partial charge in [-0.1, -0.05) is 34.1 Å². The first-order valence-electron chi connectivity index (χ1n) is 5.71. The third kappa shape index (κ3) is 2.33. The molecule has 0 aliphatic carbocycles. The lowest BCUT2D eigenvalue weighted by molar-refractivity contribution is 0.535. The van der Waals surface area contributed by atoms with Crippen molar-refractivity contribution >= 4 is 32.7 Å². The highest BCUT2D eigenvalue weighted by Gasteiger charge is 2.11. The highest BCUT2D eigenvalue weighted by Crippen LogP contribution is 2.27. The predicted molar refractivity (Wildman–Crippen MR) is 75.3 cm³/mol. The van der Waals surface area contributed by atoms with E-state index in [4.69, 9.17) is 10.2 Å². The molecule has 0 radical (unpaired) electrons. The predicted octanol–water partition coefficient (Wildman–Crippen LogP) is 3.90. The molecule has 19 heavy (non-hydrogen) atoms. The van der Waals surface area contributed by atoms with Crippen molar-refractivity contribution in [2.75, 3.05) is 5.73 Å². The van der Waals surface area contributed by atoms with Crippen LogP contribution < -0.4 is 5.73 Å². The van der Waals surface area contributed by atoms with E-state index in [1.165, 1.54) is 6.07 Å². The number of oxazole rings is 1. The summed E-state index contributed by atoms with van der Waals surface area (Å²) in [7, 11) is 0. The van der Waals surface area contributed by atoms with Gasteiger partial charge in [0.1, 0.15) is 11.3 Å². The molecule has 0 spiro atoms. The van der Waals surface area contributed by atoms with Gasteiger partial charge in [0.2, 0.25) is 0 Å². The molecule has 3 nitrogen and oxygen atoms in total. The molecule has 0 bridgehead atoms. The van der Waals surface area contributed by atoms with Gasteiger partial charge in [0.05, 0.1) is 12.1 Å². The number of hydrogen-bond acceptors (Lipinski definition) is 3. The second-order valence-corrected chi connectivity index (χ2v) is 5.13. The summed E-state index contributed by atoms with van der Waals surface area (Å²) in [6.45, 7) is 0. The first-order valence-corrected chi connectivity index (χ1v) is 6.50. The summed E-state index contributed by atoms with van der Waals surface area (Å²) < 4.78 is 20.0. The minimum absolute atomic E-state index is 0.265. The summed E-state index contributed by atoms with van der Waals surface area (Å²) in [5.41, 5.74) is 8.12. The number of aromatic nitrogens is 1. The van der Waals surface area contributed by atoms with Gasteiger partial charge in [-0.2, -0.15) is 0 Å². The number of nitrogens with zero attached hydrogens (tertiary/aromatic N) is 1. The van der Waals surface area contributed by atoms with E-state index in [9.17, 15) is 4.39 Å². The van der Waals surface area contributed by atoms with Crippen LogP contribution >= 0.6 is 15.9 Å². The summed E-state index contributed by atoms with van der Waals surface area (Å²) in [5.74, 6) is 0.184. The zero-order chi connectivity index (χ0) is 13.4. The summed E-state index contributed by atoms with van der Waals surface area (Å²) in [6, 6.07) is 10.1. The standard InChI is InChI=1S/C14H10BrFN2O/c15-9-6-11(17)14-12(7-9)18-13(19-14)5-8-3-1-2-4-10(8)16/h1-4,6-7H,5,17H2. The maximum Gasteiger partial charge on any atom is 0.200 e. The molecule has 0 fully saturated rings. The number of hydrogen-bond donors (Lipinski definition) is 1. The number of benzene rings is 2. The van der Waals surface area contributed by atoms with Gasteiger partial charge in [-0.3, -0.25) is 0 Å². The quantitative estimate of drug-likeness (QED) is 0.728. The fourth-order valence-corrected chi connectivity index (χ4v) is 2.41. The fourth-order valence-electron chi connectivity index (χ4n) is 1.95. The molecule has 0 aliphatic rings. The number of nitrogens with two attached hydrogens (primary N) is 1. The van der Waals surface area contributed by atoms with E-state index in [0.29, 0.717) is 34.7 Å². The summed E-state index contributed by atoms with van der Waals surface area (Å²) in [5, 5.41) is 0. The van der Waals surface area contributed by atoms with Gasteiger partial charge in [0.25, 0.3) is 0 Å². The second kappa shape index (κ2) is 4.66. The van der Waals surface area contributed by atoms with E-state index < -0.39 is 0 Å². The van der Waals surface area contributed by atoms with E-state index in [2.05, 4.69) is 20.9 Å². The number of nitrogen functional groups attached to an aromatic ring is 1. The molecule has 0 atom stereocenters. The van der Waals surface area contributed by atoms with Gasteiger partial charge in [-0.05, 0) is 23.8 Å². The Bertz CT molecular complexity index is 754. The van der Waals surface area contributed by atoms with E-state index >= 15 is 0 Å². The van der Waals surface area contributed by atoms with Crippen LogP contribution in [-0.2, 0) is 6.42 Å². The normalized spacial score (nSPS) is 11.1. The highest BCUT2D eigenvalue weighted by atomic mass is 79.9. The van der Waals surface area contributed by atoms with Gasteiger partial charge < -0.3 is 10.2 Å². The number of rotatable bonds is 2. The molecule has 1 heterocycles. The first-order chi connectivity index (χ1) is 9.13. The van der Waals surface area contributed by atoms with Crippen molar-refractivity contribution in [2.24, 2.45) is 0 Å². The minimum atomic E-state index is -0.265. The Morgan fingerprint density at radius 3 is 2.84 bits per heavy atom. The molecule has 0 saturated heterocycles. The van der Waals surface area contributed by atoms with Crippen molar-refractivity contribution in [2.45, 2.75) is 6.42 Å². The van der Waals surface area contributed by atoms with Crippen LogP contribution in [0.25, 0.3) is 11.1 Å². The van der Waals surface area contributed by atoms with Crippen LogP contribution in [-0.4, -0.2) is 4.98 Å². The van der Waals surface area contributed by atoms with Crippen LogP contribution in [0.15, 0.2) is 45.3 Å². The summed E-state index contributed by atoms with van der Waals surface area (Å²) in [4.78, 5) is 4.33. The molecule has 3 aromatic rings. The molecule has 5 heteroatoms. The molecular weight excluding hydrogens is 311 g/mol. The largest absolute Gasteiger partial charge is 0.438 e. The minimum Gasteiger partial charge on any atom is -0.438 e. The lowest BCUT2D eigenvalue weighted by Gasteiger charge is -1.98.